The summed E-state index contributed by atoms with van der Waals surface area (Å²) in [6.45, 7) is -0.266. The van der Waals surface area contributed by atoms with E-state index in [1.807, 2.05) is 22.6 Å². The molecule has 0 fully saturated rings. The van der Waals surface area contributed by atoms with Crippen molar-refractivity contribution in [1.82, 2.24) is 0 Å². The van der Waals surface area contributed by atoms with Crippen molar-refractivity contribution in [3.63, 3.8) is 0 Å². The van der Waals surface area contributed by atoms with Crippen LogP contribution in [0.4, 0.5) is 18.0 Å². The van der Waals surface area contributed by atoms with Gasteiger partial charge in [0, 0.05) is 9.13 Å². The van der Waals surface area contributed by atoms with Crippen LogP contribution in [0.2, 0.25) is 0 Å². The number of halogens is 4. The van der Waals surface area contributed by atoms with Crippen molar-refractivity contribution in [2.75, 3.05) is 0 Å². The van der Waals surface area contributed by atoms with Crippen molar-refractivity contribution in [3.05, 3.63) is 32.9 Å². The van der Waals surface area contributed by atoms with Gasteiger partial charge in [0.2, 0.25) is 0 Å². The highest BCUT2D eigenvalue weighted by Crippen LogP contribution is 2.31. The summed E-state index contributed by atoms with van der Waals surface area (Å²) in [5.74, 6) is 0. The summed E-state index contributed by atoms with van der Waals surface area (Å²) in [6, 6.07) is 3.21. The average Bonchev–Trinajstić information content (AvgIpc) is 2.14. The lowest BCUT2D eigenvalue weighted by molar-refractivity contribution is -0.137. The molecule has 0 aromatic heterocycles. The maximum atomic E-state index is 12.4. The van der Waals surface area contributed by atoms with Gasteiger partial charge in [-0.3, -0.25) is 0 Å². The van der Waals surface area contributed by atoms with Gasteiger partial charge in [0.25, 0.3) is 0 Å². The van der Waals surface area contributed by atoms with Crippen LogP contribution in [0.5, 0.6) is 0 Å². The maximum Gasteiger partial charge on any atom is 0.416 e. The SMILES string of the molecule is NC(=O)OCc1cc(C(F)(F)F)ccc1I. The zero-order chi connectivity index (χ0) is 12.3. The van der Waals surface area contributed by atoms with Gasteiger partial charge in [-0.05, 0) is 40.8 Å². The molecule has 0 radical (unpaired) electrons. The second-order valence-electron chi connectivity index (χ2n) is 2.91. The van der Waals surface area contributed by atoms with Crippen LogP contribution in [-0.4, -0.2) is 6.09 Å². The molecule has 0 aliphatic carbocycles. The number of amides is 1. The van der Waals surface area contributed by atoms with Gasteiger partial charge in [-0.25, -0.2) is 4.79 Å². The number of carbonyl (C=O) groups is 1. The number of ether oxygens (including phenoxy) is 1. The number of primary amides is 1. The van der Waals surface area contributed by atoms with E-state index in [4.69, 9.17) is 5.73 Å². The zero-order valence-corrected chi connectivity index (χ0v) is 10.0. The molecule has 16 heavy (non-hydrogen) atoms. The van der Waals surface area contributed by atoms with Crippen molar-refractivity contribution in [2.45, 2.75) is 12.8 Å². The number of hydrogen-bond donors (Lipinski definition) is 1. The molecule has 0 bridgehead atoms. The van der Waals surface area contributed by atoms with E-state index in [0.717, 1.165) is 12.1 Å². The summed E-state index contributed by atoms with van der Waals surface area (Å²) < 4.78 is 42.1. The summed E-state index contributed by atoms with van der Waals surface area (Å²) in [5.41, 5.74) is 4.22. The summed E-state index contributed by atoms with van der Waals surface area (Å²) in [5, 5.41) is 0. The maximum absolute atomic E-state index is 12.4. The summed E-state index contributed by atoms with van der Waals surface area (Å²) in [7, 11) is 0. The molecule has 0 saturated carbocycles. The molecular formula is C9H7F3INO2. The molecule has 0 saturated heterocycles. The van der Waals surface area contributed by atoms with Gasteiger partial charge < -0.3 is 10.5 Å². The van der Waals surface area contributed by atoms with Crippen molar-refractivity contribution in [1.29, 1.82) is 0 Å². The number of benzene rings is 1. The lowest BCUT2D eigenvalue weighted by atomic mass is 10.1. The molecule has 0 atom stereocenters. The van der Waals surface area contributed by atoms with Crippen LogP contribution in [0.15, 0.2) is 18.2 Å². The molecule has 7 heteroatoms. The fraction of sp³-hybridized carbons (Fsp3) is 0.222. The first-order valence-corrected chi connectivity index (χ1v) is 5.16. The third-order valence-corrected chi connectivity index (χ3v) is 2.80. The van der Waals surface area contributed by atoms with Crippen LogP contribution in [0.3, 0.4) is 0 Å². The predicted molar refractivity (Wildman–Crippen MR) is 58.5 cm³/mol. The normalized spacial score (nSPS) is 11.2. The second-order valence-corrected chi connectivity index (χ2v) is 4.07. The van der Waals surface area contributed by atoms with Gasteiger partial charge in [0.05, 0.1) is 5.56 Å². The van der Waals surface area contributed by atoms with Crippen molar-refractivity contribution < 1.29 is 22.7 Å². The third kappa shape index (κ3) is 3.54. The minimum Gasteiger partial charge on any atom is -0.445 e. The first-order valence-electron chi connectivity index (χ1n) is 4.08. The minimum absolute atomic E-state index is 0.266. The molecule has 0 aliphatic rings. The minimum atomic E-state index is -4.41. The second kappa shape index (κ2) is 4.89. The molecule has 1 amide bonds. The number of rotatable bonds is 2. The molecule has 0 heterocycles. The highest BCUT2D eigenvalue weighted by Gasteiger charge is 2.30. The van der Waals surface area contributed by atoms with Gasteiger partial charge in [-0.15, -0.1) is 0 Å². The van der Waals surface area contributed by atoms with E-state index in [-0.39, 0.29) is 12.2 Å². The van der Waals surface area contributed by atoms with Crippen molar-refractivity contribution >= 4 is 28.7 Å². The number of nitrogens with two attached hydrogens (primary N) is 1. The fourth-order valence-electron chi connectivity index (χ4n) is 1.01. The van der Waals surface area contributed by atoms with Crippen LogP contribution in [0, 0.1) is 3.57 Å². The fourth-order valence-corrected chi connectivity index (χ4v) is 1.50. The predicted octanol–water partition coefficient (Wildman–Crippen LogP) is 2.91. The summed E-state index contributed by atoms with van der Waals surface area (Å²) in [4.78, 5) is 10.3. The monoisotopic (exact) mass is 345 g/mol. The number of alkyl halides is 3. The van der Waals surface area contributed by atoms with Gasteiger partial charge in [-0.1, -0.05) is 0 Å². The summed E-state index contributed by atoms with van der Waals surface area (Å²) >= 11 is 1.85. The molecule has 2 N–H and O–H groups in total. The lowest BCUT2D eigenvalue weighted by Crippen LogP contribution is -2.14. The van der Waals surface area contributed by atoms with Crippen LogP contribution in [0.25, 0.3) is 0 Å². The Morgan fingerprint density at radius 3 is 2.56 bits per heavy atom. The molecule has 3 nitrogen and oxygen atoms in total. The quantitative estimate of drug-likeness (QED) is 0.838. The average molecular weight is 345 g/mol. The lowest BCUT2D eigenvalue weighted by Gasteiger charge is -2.10. The van der Waals surface area contributed by atoms with Gasteiger partial charge in [0.1, 0.15) is 6.61 Å². The Kier molecular flexibility index (Phi) is 4.00. The zero-order valence-electron chi connectivity index (χ0n) is 7.84. The molecular weight excluding hydrogens is 338 g/mol. The Balaban J connectivity index is 2.95. The van der Waals surface area contributed by atoms with E-state index in [9.17, 15) is 18.0 Å². The standard InChI is InChI=1S/C9H7F3INO2/c10-9(11,12)6-1-2-7(13)5(3-6)4-16-8(14)15/h1-3H,4H2,(H2,14,15). The van der Waals surface area contributed by atoms with Crippen molar-refractivity contribution in [2.24, 2.45) is 5.73 Å². The Morgan fingerprint density at radius 2 is 2.06 bits per heavy atom. The molecule has 0 spiro atoms. The van der Waals surface area contributed by atoms with E-state index in [1.54, 1.807) is 0 Å². The number of carbonyl (C=O) groups excluding carboxylic acids is 1. The van der Waals surface area contributed by atoms with Gasteiger partial charge >= 0.3 is 12.3 Å². The highest BCUT2D eigenvalue weighted by molar-refractivity contribution is 14.1. The largest absolute Gasteiger partial charge is 0.445 e. The first-order chi connectivity index (χ1) is 7.30. The smallest absolute Gasteiger partial charge is 0.416 e. The molecule has 1 aromatic rings. The highest BCUT2D eigenvalue weighted by atomic mass is 127. The summed E-state index contributed by atoms with van der Waals surface area (Å²) in [6.07, 6.45) is -5.43. The van der Waals surface area contributed by atoms with E-state index in [2.05, 4.69) is 4.74 Å². The molecule has 0 unspecified atom stereocenters. The topological polar surface area (TPSA) is 52.3 Å². The van der Waals surface area contributed by atoms with E-state index < -0.39 is 17.8 Å². The Bertz CT molecular complexity index is 406. The first kappa shape index (κ1) is 13.1. The molecule has 0 aliphatic heterocycles. The van der Waals surface area contributed by atoms with Crippen LogP contribution in [-0.2, 0) is 17.5 Å². The molecule has 1 rings (SSSR count). The van der Waals surface area contributed by atoms with Crippen molar-refractivity contribution in [3.8, 4) is 0 Å². The van der Waals surface area contributed by atoms with Crippen LogP contribution in [0.1, 0.15) is 11.1 Å². The third-order valence-electron chi connectivity index (χ3n) is 1.74. The van der Waals surface area contributed by atoms with Crippen LogP contribution >= 0.6 is 22.6 Å². The Morgan fingerprint density at radius 1 is 1.44 bits per heavy atom. The van der Waals surface area contributed by atoms with Gasteiger partial charge in [-0.2, -0.15) is 13.2 Å². The van der Waals surface area contributed by atoms with E-state index in [1.165, 1.54) is 6.07 Å². The van der Waals surface area contributed by atoms with E-state index in [0.29, 0.717) is 3.57 Å². The molecule has 1 aromatic carbocycles. The van der Waals surface area contributed by atoms with Gasteiger partial charge in [0.15, 0.2) is 0 Å². The molecule has 88 valence electrons. The Hall–Kier alpha value is -0.990. The Labute approximate surface area is 103 Å². The number of hydrogen-bond acceptors (Lipinski definition) is 2. The van der Waals surface area contributed by atoms with E-state index >= 15 is 0 Å². The van der Waals surface area contributed by atoms with Crippen LogP contribution < -0.4 is 5.73 Å².